The Morgan fingerprint density at radius 2 is 1.42 bits per heavy atom. The van der Waals surface area contributed by atoms with E-state index in [1.165, 1.54) is 14.7 Å². The van der Waals surface area contributed by atoms with E-state index in [1.807, 2.05) is 0 Å². The van der Waals surface area contributed by atoms with Crippen molar-refractivity contribution < 1.29 is 21.6 Å². The number of benzene rings is 1. The molecule has 4 rings (SSSR count). The number of nitrogens with one attached hydrogen (secondary N) is 1. The summed E-state index contributed by atoms with van der Waals surface area (Å²) in [7, 11) is -7.11. The number of nitrogens with zero attached hydrogens (tertiary/aromatic N) is 2. The van der Waals surface area contributed by atoms with E-state index >= 15 is 0 Å². The average molecular weight is 512 g/mol. The summed E-state index contributed by atoms with van der Waals surface area (Å²) in [6.45, 7) is 2.10. The van der Waals surface area contributed by atoms with Crippen LogP contribution in [0.5, 0.6) is 0 Å². The summed E-state index contributed by atoms with van der Waals surface area (Å²) in [6, 6.07) is 9.51. The predicted octanol–water partition coefficient (Wildman–Crippen LogP) is 3.28. The molecule has 2 fully saturated rings. The van der Waals surface area contributed by atoms with Crippen molar-refractivity contribution in [1.82, 2.24) is 8.61 Å². The minimum Gasteiger partial charge on any atom is -0.326 e. The Morgan fingerprint density at radius 1 is 0.818 bits per heavy atom. The maximum absolute atomic E-state index is 13.0. The molecule has 33 heavy (non-hydrogen) atoms. The van der Waals surface area contributed by atoms with Crippen LogP contribution in [0.15, 0.2) is 45.5 Å². The fourth-order valence-electron chi connectivity index (χ4n) is 4.18. The van der Waals surface area contributed by atoms with Crippen molar-refractivity contribution in [3.8, 4) is 0 Å². The fourth-order valence-corrected chi connectivity index (χ4v) is 8.77. The van der Waals surface area contributed by atoms with E-state index in [-0.39, 0.29) is 21.4 Å². The highest BCUT2D eigenvalue weighted by molar-refractivity contribution is 7.91. The van der Waals surface area contributed by atoms with Crippen molar-refractivity contribution >= 4 is 43.0 Å². The largest absolute Gasteiger partial charge is 0.326 e. The van der Waals surface area contributed by atoms with Crippen LogP contribution in [0.2, 0.25) is 0 Å². The zero-order valence-corrected chi connectivity index (χ0v) is 20.9. The van der Waals surface area contributed by atoms with Crippen LogP contribution in [0.25, 0.3) is 0 Å². The molecule has 0 atom stereocenters. The Bertz CT molecular complexity index is 1190. The zero-order chi connectivity index (χ0) is 23.5. The van der Waals surface area contributed by atoms with Gasteiger partial charge in [-0.25, -0.2) is 16.8 Å². The number of thiophene rings is 1. The Morgan fingerprint density at radius 3 is 2.09 bits per heavy atom. The molecule has 0 bridgehead atoms. The van der Waals surface area contributed by atoms with Crippen LogP contribution in [0.1, 0.15) is 43.4 Å². The number of anilines is 1. The van der Waals surface area contributed by atoms with Crippen LogP contribution >= 0.6 is 11.3 Å². The maximum Gasteiger partial charge on any atom is 0.252 e. The van der Waals surface area contributed by atoms with E-state index < -0.39 is 20.0 Å². The molecule has 0 unspecified atom stereocenters. The van der Waals surface area contributed by atoms with Crippen LogP contribution in [0, 0.1) is 0 Å². The van der Waals surface area contributed by atoms with Gasteiger partial charge in [-0.3, -0.25) is 4.79 Å². The molecule has 1 aromatic carbocycles. The summed E-state index contributed by atoms with van der Waals surface area (Å²) in [6.07, 6.45) is 5.53. The molecule has 11 heteroatoms. The van der Waals surface area contributed by atoms with Crippen molar-refractivity contribution in [1.29, 1.82) is 0 Å². The van der Waals surface area contributed by atoms with Crippen molar-refractivity contribution in [3.05, 3.63) is 41.3 Å². The second-order valence-corrected chi connectivity index (χ2v) is 13.7. The van der Waals surface area contributed by atoms with Gasteiger partial charge in [-0.05, 0) is 56.0 Å². The van der Waals surface area contributed by atoms with Gasteiger partial charge in [0.15, 0.2) is 0 Å². The third kappa shape index (κ3) is 5.65. The van der Waals surface area contributed by atoms with E-state index in [0.717, 1.165) is 49.9 Å². The lowest BCUT2D eigenvalue weighted by molar-refractivity contribution is -0.115. The number of hydrogen-bond acceptors (Lipinski definition) is 6. The van der Waals surface area contributed by atoms with Gasteiger partial charge in [-0.1, -0.05) is 18.9 Å². The van der Waals surface area contributed by atoms with Crippen molar-refractivity contribution in [2.75, 3.05) is 31.5 Å². The average Bonchev–Trinajstić information content (AvgIpc) is 3.41. The van der Waals surface area contributed by atoms with E-state index in [9.17, 15) is 21.6 Å². The SMILES string of the molecule is O=C(Cc1ccc(S(=O)(=O)N2CCCC2)s1)Nc1cccc(S(=O)(=O)N2CCCCCC2)c1. The van der Waals surface area contributed by atoms with Gasteiger partial charge in [0.05, 0.1) is 11.3 Å². The number of carbonyl (C=O) groups excluding carboxylic acids is 1. The standard InChI is InChI=1S/C22H29N3O5S3/c26-21(17-19-10-11-22(31-19)33(29,30)25-14-5-6-15-25)23-18-8-7-9-20(16-18)32(27,28)24-12-3-1-2-4-13-24/h7-11,16H,1-6,12-15,17H2,(H,23,26). The van der Waals surface area contributed by atoms with E-state index in [1.54, 1.807) is 30.3 Å². The third-order valence-corrected chi connectivity index (χ3v) is 11.3. The second-order valence-electron chi connectivity index (χ2n) is 8.40. The van der Waals surface area contributed by atoms with E-state index in [2.05, 4.69) is 5.32 Å². The summed E-state index contributed by atoms with van der Waals surface area (Å²) < 4.78 is 54.7. The first-order chi connectivity index (χ1) is 15.8. The second kappa shape index (κ2) is 10.2. The van der Waals surface area contributed by atoms with Crippen molar-refractivity contribution in [2.45, 2.75) is 54.1 Å². The van der Waals surface area contributed by atoms with Crippen molar-refractivity contribution in [2.24, 2.45) is 0 Å². The third-order valence-electron chi connectivity index (χ3n) is 5.95. The molecule has 1 N–H and O–H groups in total. The molecule has 0 aliphatic carbocycles. The van der Waals surface area contributed by atoms with Crippen LogP contribution in [0.3, 0.4) is 0 Å². The zero-order valence-electron chi connectivity index (χ0n) is 18.4. The fraction of sp³-hybridized carbons (Fsp3) is 0.500. The minimum absolute atomic E-state index is 0.0172. The van der Waals surface area contributed by atoms with Crippen LogP contribution in [0.4, 0.5) is 5.69 Å². The molecule has 1 amide bonds. The molecule has 0 spiro atoms. The summed E-state index contributed by atoms with van der Waals surface area (Å²) in [5.41, 5.74) is 0.400. The van der Waals surface area contributed by atoms with Gasteiger partial charge in [0.25, 0.3) is 10.0 Å². The molecule has 0 saturated carbocycles. The molecule has 0 radical (unpaired) electrons. The highest BCUT2D eigenvalue weighted by Crippen LogP contribution is 2.28. The Kier molecular flexibility index (Phi) is 7.54. The Hall–Kier alpha value is -1.79. The lowest BCUT2D eigenvalue weighted by Gasteiger charge is -2.20. The monoisotopic (exact) mass is 511 g/mol. The molecule has 8 nitrogen and oxygen atoms in total. The topological polar surface area (TPSA) is 104 Å². The Labute approximate surface area is 199 Å². The minimum atomic E-state index is -3.61. The van der Waals surface area contributed by atoms with Gasteiger partial charge >= 0.3 is 0 Å². The number of hydrogen-bond donors (Lipinski definition) is 1. The normalized spacial score (nSPS) is 18.8. The first-order valence-corrected chi connectivity index (χ1v) is 15.0. The quantitative estimate of drug-likeness (QED) is 0.614. The first-order valence-electron chi connectivity index (χ1n) is 11.3. The van der Waals surface area contributed by atoms with Gasteiger partial charge in [-0.2, -0.15) is 8.61 Å². The molecular formula is C22H29N3O5S3. The molecule has 2 aliphatic heterocycles. The number of sulfonamides is 2. The number of carbonyl (C=O) groups is 1. The molecular weight excluding hydrogens is 482 g/mol. The summed E-state index contributed by atoms with van der Waals surface area (Å²) in [5, 5.41) is 2.75. The molecule has 180 valence electrons. The summed E-state index contributed by atoms with van der Waals surface area (Å²) >= 11 is 1.10. The van der Waals surface area contributed by atoms with Crippen molar-refractivity contribution in [3.63, 3.8) is 0 Å². The maximum atomic E-state index is 13.0. The van der Waals surface area contributed by atoms with Gasteiger partial charge in [0.2, 0.25) is 15.9 Å². The van der Waals surface area contributed by atoms with Crippen LogP contribution < -0.4 is 5.32 Å². The van der Waals surface area contributed by atoms with Gasteiger partial charge in [-0.15, -0.1) is 11.3 Å². The Balaban J connectivity index is 1.42. The molecule has 2 aliphatic rings. The highest BCUT2D eigenvalue weighted by atomic mass is 32.2. The molecule has 2 aromatic rings. The molecule has 2 saturated heterocycles. The lowest BCUT2D eigenvalue weighted by Crippen LogP contribution is -2.32. The van der Waals surface area contributed by atoms with E-state index in [0.29, 0.717) is 36.7 Å². The van der Waals surface area contributed by atoms with Gasteiger partial charge in [0.1, 0.15) is 4.21 Å². The highest BCUT2D eigenvalue weighted by Gasteiger charge is 2.29. The molecule has 1 aromatic heterocycles. The van der Waals surface area contributed by atoms with Crippen LogP contribution in [-0.4, -0.2) is 57.5 Å². The van der Waals surface area contributed by atoms with E-state index in [4.69, 9.17) is 0 Å². The smallest absolute Gasteiger partial charge is 0.252 e. The van der Waals surface area contributed by atoms with Crippen LogP contribution in [-0.2, 0) is 31.3 Å². The van der Waals surface area contributed by atoms with Gasteiger partial charge < -0.3 is 5.32 Å². The lowest BCUT2D eigenvalue weighted by atomic mass is 10.2. The molecule has 3 heterocycles. The summed E-state index contributed by atoms with van der Waals surface area (Å²) in [5.74, 6) is -0.328. The summed E-state index contributed by atoms with van der Waals surface area (Å²) in [4.78, 5) is 13.4. The predicted molar refractivity (Wildman–Crippen MR) is 128 cm³/mol. The first kappa shape index (κ1) is 24.3. The van der Waals surface area contributed by atoms with Gasteiger partial charge in [0, 0.05) is 36.7 Å². The number of rotatable bonds is 7. The number of amides is 1.